The minimum absolute atomic E-state index is 0.0450. The van der Waals surface area contributed by atoms with Gasteiger partial charge in [0.15, 0.2) is 0 Å². The first kappa shape index (κ1) is 17.3. The van der Waals surface area contributed by atoms with Crippen molar-refractivity contribution >= 4 is 29.1 Å². The van der Waals surface area contributed by atoms with Crippen molar-refractivity contribution in [1.82, 2.24) is 19.6 Å². The van der Waals surface area contributed by atoms with Crippen molar-refractivity contribution in [3.8, 4) is 0 Å². The molecule has 1 aliphatic heterocycles. The van der Waals surface area contributed by atoms with Gasteiger partial charge in [-0.25, -0.2) is 0 Å². The number of rotatable bonds is 4. The molecule has 1 aromatic heterocycles. The summed E-state index contributed by atoms with van der Waals surface area (Å²) < 4.78 is 1.93. The lowest BCUT2D eigenvalue weighted by Gasteiger charge is -2.22. The normalized spacial score (nSPS) is 16.2. The van der Waals surface area contributed by atoms with Crippen LogP contribution in [0.4, 0.5) is 0 Å². The van der Waals surface area contributed by atoms with Crippen LogP contribution in [0.5, 0.6) is 0 Å². The van der Waals surface area contributed by atoms with Gasteiger partial charge >= 0.3 is 0 Å². The molecule has 0 saturated carbocycles. The number of halogens is 2. The van der Waals surface area contributed by atoms with E-state index in [1.807, 2.05) is 21.8 Å². The Morgan fingerprint density at radius 1 is 1.12 bits per heavy atom. The quantitative estimate of drug-likeness (QED) is 0.834. The summed E-state index contributed by atoms with van der Waals surface area (Å²) in [4.78, 5) is 17.0. The Hall–Kier alpha value is -1.56. The van der Waals surface area contributed by atoms with Gasteiger partial charge in [0.05, 0.1) is 17.1 Å². The lowest BCUT2D eigenvalue weighted by molar-refractivity contribution is 0.0761. The molecule has 0 spiro atoms. The van der Waals surface area contributed by atoms with Crippen LogP contribution in [0.2, 0.25) is 10.0 Å². The molecule has 1 aliphatic rings. The zero-order chi connectivity index (χ0) is 16.9. The summed E-state index contributed by atoms with van der Waals surface area (Å²) in [6.07, 6.45) is 4.70. The number of aromatic nitrogens is 2. The van der Waals surface area contributed by atoms with Crippen LogP contribution < -0.4 is 0 Å². The van der Waals surface area contributed by atoms with Gasteiger partial charge in [-0.1, -0.05) is 23.2 Å². The Kier molecular flexibility index (Phi) is 5.76. The van der Waals surface area contributed by atoms with Crippen molar-refractivity contribution in [3.05, 3.63) is 52.3 Å². The van der Waals surface area contributed by atoms with E-state index in [1.54, 1.807) is 24.4 Å². The fraction of sp³-hybridized carbons (Fsp3) is 0.412. The molecular weight excluding hydrogens is 347 g/mol. The molecule has 0 unspecified atom stereocenters. The van der Waals surface area contributed by atoms with Gasteiger partial charge in [-0.2, -0.15) is 5.10 Å². The van der Waals surface area contributed by atoms with Gasteiger partial charge in [-0.15, -0.1) is 0 Å². The number of carbonyl (C=O) groups is 1. The third-order valence-corrected chi connectivity index (χ3v) is 4.80. The maximum absolute atomic E-state index is 12.7. The molecule has 1 aromatic carbocycles. The molecule has 24 heavy (non-hydrogen) atoms. The largest absolute Gasteiger partial charge is 0.337 e. The van der Waals surface area contributed by atoms with Crippen molar-refractivity contribution in [1.29, 1.82) is 0 Å². The second-order valence-corrected chi connectivity index (χ2v) is 6.72. The molecule has 1 fully saturated rings. The predicted octanol–water partition coefficient (Wildman–Crippen LogP) is 3.04. The van der Waals surface area contributed by atoms with Crippen molar-refractivity contribution in [2.45, 2.75) is 13.0 Å². The summed E-state index contributed by atoms with van der Waals surface area (Å²) in [5, 5.41) is 5.20. The van der Waals surface area contributed by atoms with Crippen LogP contribution in [0.1, 0.15) is 16.8 Å². The first-order valence-electron chi connectivity index (χ1n) is 8.07. The van der Waals surface area contributed by atoms with E-state index in [-0.39, 0.29) is 5.91 Å². The minimum atomic E-state index is -0.0450. The van der Waals surface area contributed by atoms with Crippen molar-refractivity contribution in [3.63, 3.8) is 0 Å². The lowest BCUT2D eigenvalue weighted by Crippen LogP contribution is -2.36. The molecular formula is C17H20Cl2N4O. The van der Waals surface area contributed by atoms with Crippen LogP contribution in [0, 0.1) is 0 Å². The molecule has 7 heteroatoms. The van der Waals surface area contributed by atoms with Gasteiger partial charge < -0.3 is 4.90 Å². The molecule has 1 amide bonds. The first-order chi connectivity index (χ1) is 11.6. The Morgan fingerprint density at radius 3 is 2.79 bits per heavy atom. The van der Waals surface area contributed by atoms with E-state index in [1.165, 1.54) is 0 Å². The maximum atomic E-state index is 12.7. The Balaban J connectivity index is 1.58. The van der Waals surface area contributed by atoms with E-state index in [9.17, 15) is 4.79 Å². The predicted molar refractivity (Wildman–Crippen MR) is 95.6 cm³/mol. The Labute approximate surface area is 151 Å². The van der Waals surface area contributed by atoms with E-state index in [0.717, 1.165) is 39.1 Å². The van der Waals surface area contributed by atoms with Crippen LogP contribution in [-0.4, -0.2) is 58.2 Å². The van der Waals surface area contributed by atoms with Crippen LogP contribution in [-0.2, 0) is 6.54 Å². The average Bonchev–Trinajstić information content (AvgIpc) is 2.99. The molecule has 0 atom stereocenters. The highest BCUT2D eigenvalue weighted by Gasteiger charge is 2.22. The van der Waals surface area contributed by atoms with Crippen LogP contribution in [0.15, 0.2) is 36.7 Å². The summed E-state index contributed by atoms with van der Waals surface area (Å²) >= 11 is 12.2. The Bertz CT molecular complexity index is 690. The SMILES string of the molecule is O=C(c1cc(Cl)ccc1Cl)N1CCCN(CCn2cccn2)CC1. The molecule has 0 N–H and O–H groups in total. The van der Waals surface area contributed by atoms with E-state index in [2.05, 4.69) is 10.00 Å². The van der Waals surface area contributed by atoms with Gasteiger partial charge in [0.2, 0.25) is 0 Å². The molecule has 2 aromatic rings. The van der Waals surface area contributed by atoms with Gasteiger partial charge in [0.25, 0.3) is 5.91 Å². The summed E-state index contributed by atoms with van der Waals surface area (Å²) in [5.41, 5.74) is 0.481. The van der Waals surface area contributed by atoms with Gasteiger partial charge in [0.1, 0.15) is 0 Å². The van der Waals surface area contributed by atoms with Crippen LogP contribution >= 0.6 is 23.2 Å². The number of benzene rings is 1. The molecule has 0 radical (unpaired) electrons. The fourth-order valence-corrected chi connectivity index (χ4v) is 3.28. The second-order valence-electron chi connectivity index (χ2n) is 5.88. The zero-order valence-corrected chi connectivity index (χ0v) is 14.9. The number of carbonyl (C=O) groups excluding carboxylic acids is 1. The summed E-state index contributed by atoms with van der Waals surface area (Å²) in [6.45, 7) is 5.06. The van der Waals surface area contributed by atoms with E-state index >= 15 is 0 Å². The Morgan fingerprint density at radius 2 is 2.00 bits per heavy atom. The maximum Gasteiger partial charge on any atom is 0.255 e. The molecule has 0 aliphatic carbocycles. The standard InChI is InChI=1S/C17H20Cl2N4O/c18-14-3-4-16(19)15(13-14)17(24)22-7-2-6-21(9-11-22)10-12-23-8-1-5-20-23/h1,3-5,8,13H,2,6-7,9-12H2. The first-order valence-corrected chi connectivity index (χ1v) is 8.83. The number of nitrogens with zero attached hydrogens (tertiary/aromatic N) is 4. The number of hydrogen-bond donors (Lipinski definition) is 0. The third kappa shape index (κ3) is 4.29. The summed E-state index contributed by atoms with van der Waals surface area (Å²) in [6, 6.07) is 6.94. The second kappa shape index (κ2) is 8.01. The molecule has 3 rings (SSSR count). The van der Waals surface area contributed by atoms with Gasteiger partial charge in [-0.05, 0) is 37.2 Å². The van der Waals surface area contributed by atoms with Crippen molar-refractivity contribution in [2.75, 3.05) is 32.7 Å². The van der Waals surface area contributed by atoms with Gasteiger partial charge in [-0.3, -0.25) is 14.4 Å². The zero-order valence-electron chi connectivity index (χ0n) is 13.4. The highest BCUT2D eigenvalue weighted by molar-refractivity contribution is 6.35. The lowest BCUT2D eigenvalue weighted by atomic mass is 10.2. The van der Waals surface area contributed by atoms with Gasteiger partial charge in [0, 0.05) is 43.6 Å². The molecule has 1 saturated heterocycles. The fourth-order valence-electron chi connectivity index (χ4n) is 2.91. The monoisotopic (exact) mass is 366 g/mol. The molecule has 5 nitrogen and oxygen atoms in total. The smallest absolute Gasteiger partial charge is 0.255 e. The van der Waals surface area contributed by atoms with E-state index < -0.39 is 0 Å². The topological polar surface area (TPSA) is 41.4 Å². The number of hydrogen-bond acceptors (Lipinski definition) is 3. The van der Waals surface area contributed by atoms with Crippen molar-refractivity contribution < 1.29 is 4.79 Å². The third-order valence-electron chi connectivity index (χ3n) is 4.24. The molecule has 128 valence electrons. The summed E-state index contributed by atoms with van der Waals surface area (Å²) in [7, 11) is 0. The molecule has 0 bridgehead atoms. The average molecular weight is 367 g/mol. The van der Waals surface area contributed by atoms with Crippen LogP contribution in [0.25, 0.3) is 0 Å². The van der Waals surface area contributed by atoms with E-state index in [0.29, 0.717) is 22.2 Å². The highest BCUT2D eigenvalue weighted by Crippen LogP contribution is 2.22. The van der Waals surface area contributed by atoms with Crippen molar-refractivity contribution in [2.24, 2.45) is 0 Å². The van der Waals surface area contributed by atoms with Crippen LogP contribution in [0.3, 0.4) is 0 Å². The summed E-state index contributed by atoms with van der Waals surface area (Å²) in [5.74, 6) is -0.0450. The number of amides is 1. The minimum Gasteiger partial charge on any atom is -0.337 e. The highest BCUT2D eigenvalue weighted by atomic mass is 35.5. The molecule has 2 heterocycles. The van der Waals surface area contributed by atoms with E-state index in [4.69, 9.17) is 23.2 Å².